The Kier molecular flexibility index (Phi) is 3.70. The molecule has 9 heteroatoms. The average Bonchev–Trinajstić information content (AvgIpc) is 3.39. The van der Waals surface area contributed by atoms with Gasteiger partial charge in [-0.1, -0.05) is 0 Å². The van der Waals surface area contributed by atoms with Crippen LogP contribution in [0.5, 0.6) is 0 Å². The zero-order valence-electron chi connectivity index (χ0n) is 15.0. The van der Waals surface area contributed by atoms with Crippen molar-refractivity contribution in [3.05, 3.63) is 54.9 Å². The van der Waals surface area contributed by atoms with Crippen LogP contribution in [-0.4, -0.2) is 60.5 Å². The van der Waals surface area contributed by atoms with E-state index >= 15 is 0 Å². The van der Waals surface area contributed by atoms with Gasteiger partial charge in [0.05, 0.1) is 6.20 Å². The third kappa shape index (κ3) is 2.97. The van der Waals surface area contributed by atoms with Crippen LogP contribution in [0.2, 0.25) is 0 Å². The molecule has 4 aromatic rings. The summed E-state index contributed by atoms with van der Waals surface area (Å²) in [5.74, 6) is 3.46. The number of hydrogen-bond donors (Lipinski definition) is 0. The minimum absolute atomic E-state index is 0.744. The first-order valence-corrected chi connectivity index (χ1v) is 8.92. The van der Waals surface area contributed by atoms with E-state index < -0.39 is 0 Å². The van der Waals surface area contributed by atoms with E-state index in [1.54, 1.807) is 21.6 Å². The largest absolute Gasteiger partial charge is 0.353 e. The van der Waals surface area contributed by atoms with Gasteiger partial charge in [0, 0.05) is 56.9 Å². The molecule has 0 radical (unpaired) electrons. The Morgan fingerprint density at radius 2 is 1.56 bits per heavy atom. The van der Waals surface area contributed by atoms with Crippen LogP contribution in [0.1, 0.15) is 5.82 Å². The Labute approximate surface area is 155 Å². The lowest BCUT2D eigenvalue weighted by molar-refractivity contribution is 0.638. The number of aryl methyl sites for hydroxylation is 1. The lowest BCUT2D eigenvalue weighted by atomic mass is 10.3. The standard InChI is InChI=1S/C18H19N9/c1-14-21-17(13-18(22-14)26-7-2-5-19-26)25-11-9-24(10-12-25)15-4-8-27-16(23-15)3-6-20-27/h2-8,13H,9-12H2,1H3. The molecule has 5 heterocycles. The molecule has 4 aromatic heterocycles. The Hall–Kier alpha value is -3.49. The summed E-state index contributed by atoms with van der Waals surface area (Å²) < 4.78 is 3.54. The molecule has 1 aliphatic rings. The Morgan fingerprint density at radius 1 is 0.778 bits per heavy atom. The molecule has 0 N–H and O–H groups in total. The summed E-state index contributed by atoms with van der Waals surface area (Å²) in [6, 6.07) is 7.81. The van der Waals surface area contributed by atoms with E-state index in [4.69, 9.17) is 0 Å². The van der Waals surface area contributed by atoms with E-state index in [0.717, 1.165) is 55.1 Å². The third-order valence-corrected chi connectivity index (χ3v) is 4.72. The number of rotatable bonds is 3. The monoisotopic (exact) mass is 361 g/mol. The van der Waals surface area contributed by atoms with Crippen LogP contribution in [0.25, 0.3) is 11.5 Å². The van der Waals surface area contributed by atoms with Crippen molar-refractivity contribution >= 4 is 17.3 Å². The lowest BCUT2D eigenvalue weighted by Gasteiger charge is -2.36. The molecule has 0 spiro atoms. The minimum atomic E-state index is 0.744. The molecule has 0 amide bonds. The fourth-order valence-electron chi connectivity index (χ4n) is 3.36. The van der Waals surface area contributed by atoms with Crippen LogP contribution in [0.3, 0.4) is 0 Å². The van der Waals surface area contributed by atoms with Crippen molar-refractivity contribution in [2.75, 3.05) is 36.0 Å². The molecular formula is C18H19N9. The van der Waals surface area contributed by atoms with E-state index in [9.17, 15) is 0 Å². The van der Waals surface area contributed by atoms with Crippen molar-refractivity contribution in [2.45, 2.75) is 6.92 Å². The van der Waals surface area contributed by atoms with Crippen LogP contribution in [0, 0.1) is 6.92 Å². The molecule has 1 fully saturated rings. The zero-order chi connectivity index (χ0) is 18.2. The first kappa shape index (κ1) is 15.7. The topological polar surface area (TPSA) is 80.3 Å². The first-order valence-electron chi connectivity index (χ1n) is 8.92. The van der Waals surface area contributed by atoms with Crippen LogP contribution in [-0.2, 0) is 0 Å². The van der Waals surface area contributed by atoms with Gasteiger partial charge < -0.3 is 9.80 Å². The number of hydrogen-bond acceptors (Lipinski definition) is 7. The third-order valence-electron chi connectivity index (χ3n) is 4.72. The molecule has 136 valence electrons. The predicted molar refractivity (Wildman–Crippen MR) is 101 cm³/mol. The second-order valence-electron chi connectivity index (χ2n) is 6.48. The molecule has 0 atom stereocenters. The normalized spacial score (nSPS) is 14.9. The number of aromatic nitrogens is 7. The quantitative estimate of drug-likeness (QED) is 0.545. The molecule has 0 unspecified atom stereocenters. The maximum atomic E-state index is 4.69. The van der Waals surface area contributed by atoms with Gasteiger partial charge in [0.25, 0.3) is 0 Å². The Bertz CT molecular complexity index is 1060. The highest BCUT2D eigenvalue weighted by Gasteiger charge is 2.20. The average molecular weight is 361 g/mol. The first-order chi connectivity index (χ1) is 13.3. The minimum Gasteiger partial charge on any atom is -0.353 e. The van der Waals surface area contributed by atoms with Crippen LogP contribution in [0.4, 0.5) is 11.6 Å². The molecule has 0 saturated carbocycles. The smallest absolute Gasteiger partial charge is 0.159 e. The van der Waals surface area contributed by atoms with Crippen LogP contribution < -0.4 is 9.80 Å². The molecule has 0 aromatic carbocycles. The van der Waals surface area contributed by atoms with Gasteiger partial charge >= 0.3 is 0 Å². The van der Waals surface area contributed by atoms with Crippen molar-refractivity contribution in [3.8, 4) is 5.82 Å². The van der Waals surface area contributed by atoms with Gasteiger partial charge in [-0.25, -0.2) is 24.1 Å². The van der Waals surface area contributed by atoms with Crippen molar-refractivity contribution in [3.63, 3.8) is 0 Å². The summed E-state index contributed by atoms with van der Waals surface area (Å²) >= 11 is 0. The molecule has 1 aliphatic heterocycles. The summed E-state index contributed by atoms with van der Waals surface area (Å²) in [6.07, 6.45) is 7.36. The van der Waals surface area contributed by atoms with Gasteiger partial charge in [0.15, 0.2) is 11.5 Å². The number of fused-ring (bicyclic) bond motifs is 1. The highest BCUT2D eigenvalue weighted by molar-refractivity contribution is 5.50. The van der Waals surface area contributed by atoms with Crippen molar-refractivity contribution in [2.24, 2.45) is 0 Å². The SMILES string of the molecule is Cc1nc(N2CCN(c3ccn4nccc4n3)CC2)cc(-n2cccn2)n1. The molecule has 5 rings (SSSR count). The van der Waals surface area contributed by atoms with E-state index in [1.807, 2.05) is 43.6 Å². The molecule has 27 heavy (non-hydrogen) atoms. The molecule has 9 nitrogen and oxygen atoms in total. The van der Waals surface area contributed by atoms with Gasteiger partial charge in [-0.05, 0) is 19.1 Å². The zero-order valence-corrected chi connectivity index (χ0v) is 15.0. The fourth-order valence-corrected chi connectivity index (χ4v) is 3.36. The summed E-state index contributed by atoms with van der Waals surface area (Å²) in [4.78, 5) is 18.4. The van der Waals surface area contributed by atoms with Gasteiger partial charge in [-0.3, -0.25) is 0 Å². The number of anilines is 2. The van der Waals surface area contributed by atoms with Gasteiger partial charge in [0.2, 0.25) is 0 Å². The molecular weight excluding hydrogens is 342 g/mol. The second-order valence-corrected chi connectivity index (χ2v) is 6.48. The van der Waals surface area contributed by atoms with Gasteiger partial charge in [0.1, 0.15) is 17.5 Å². The molecule has 1 saturated heterocycles. The highest BCUT2D eigenvalue weighted by Crippen LogP contribution is 2.20. The predicted octanol–water partition coefficient (Wildman–Crippen LogP) is 1.34. The number of nitrogens with zero attached hydrogens (tertiary/aromatic N) is 9. The van der Waals surface area contributed by atoms with E-state index in [0.29, 0.717) is 0 Å². The Balaban J connectivity index is 1.34. The molecule has 0 aliphatic carbocycles. The fraction of sp³-hybridized carbons (Fsp3) is 0.278. The van der Waals surface area contributed by atoms with E-state index in [-0.39, 0.29) is 0 Å². The summed E-state index contributed by atoms with van der Waals surface area (Å²) in [6.45, 7) is 5.44. The maximum Gasteiger partial charge on any atom is 0.159 e. The maximum absolute atomic E-state index is 4.69. The lowest BCUT2D eigenvalue weighted by Crippen LogP contribution is -2.47. The summed E-state index contributed by atoms with van der Waals surface area (Å²) in [7, 11) is 0. The summed E-state index contributed by atoms with van der Waals surface area (Å²) in [5, 5.41) is 8.47. The van der Waals surface area contributed by atoms with Crippen LogP contribution >= 0.6 is 0 Å². The van der Waals surface area contributed by atoms with Crippen molar-refractivity contribution in [1.29, 1.82) is 0 Å². The van der Waals surface area contributed by atoms with Gasteiger partial charge in [-0.2, -0.15) is 10.2 Å². The van der Waals surface area contributed by atoms with Crippen molar-refractivity contribution in [1.82, 2.24) is 34.3 Å². The Morgan fingerprint density at radius 3 is 2.33 bits per heavy atom. The number of piperazine rings is 1. The highest BCUT2D eigenvalue weighted by atomic mass is 15.3. The molecule has 0 bridgehead atoms. The van der Waals surface area contributed by atoms with E-state index in [2.05, 4.69) is 34.9 Å². The second kappa shape index (κ2) is 6.35. The van der Waals surface area contributed by atoms with Gasteiger partial charge in [-0.15, -0.1) is 0 Å². The van der Waals surface area contributed by atoms with Crippen molar-refractivity contribution < 1.29 is 0 Å². The summed E-state index contributed by atoms with van der Waals surface area (Å²) in [5.41, 5.74) is 0.866. The van der Waals surface area contributed by atoms with E-state index in [1.165, 1.54) is 0 Å². The van der Waals surface area contributed by atoms with Crippen LogP contribution in [0.15, 0.2) is 49.1 Å².